The maximum atomic E-state index is 12.2. The highest BCUT2D eigenvalue weighted by Gasteiger charge is 2.10. The van der Waals surface area contributed by atoms with Crippen molar-refractivity contribution in [3.05, 3.63) is 50.7 Å². The molecule has 0 spiro atoms. The van der Waals surface area contributed by atoms with Crippen molar-refractivity contribution in [3.63, 3.8) is 0 Å². The molecule has 0 fully saturated rings. The van der Waals surface area contributed by atoms with Crippen molar-refractivity contribution in [1.82, 2.24) is 9.47 Å². The van der Waals surface area contributed by atoms with Crippen LogP contribution in [0.3, 0.4) is 0 Å². The van der Waals surface area contributed by atoms with Crippen LogP contribution < -0.4 is 4.80 Å². The molecule has 0 aliphatic rings. The highest BCUT2D eigenvalue weighted by atomic mass is 35.5. The maximum absolute atomic E-state index is 12.2. The van der Waals surface area contributed by atoms with Crippen LogP contribution in [-0.2, 0) is 11.3 Å². The number of benzene rings is 1. The third-order valence-electron chi connectivity index (χ3n) is 2.91. The first-order valence-electron chi connectivity index (χ1n) is 6.58. The number of amides is 2. The monoisotopic (exact) mass is 337 g/mol. The van der Waals surface area contributed by atoms with Crippen molar-refractivity contribution < 1.29 is 9.59 Å². The Hall–Kier alpha value is -1.92. The molecule has 0 radical (unpaired) electrons. The Labute approximate surface area is 137 Å². The van der Waals surface area contributed by atoms with Gasteiger partial charge in [-0.1, -0.05) is 17.7 Å². The third-order valence-corrected chi connectivity index (χ3v) is 4.08. The lowest BCUT2D eigenvalue weighted by molar-refractivity contribution is -0.129. The number of nitrogens with zero attached hydrogens (tertiary/aromatic N) is 3. The number of likely N-dealkylation sites (N-methyl/N-ethyl adjacent to an activating group) is 1. The second-order valence-corrected chi connectivity index (χ2v) is 6.62. The molecule has 0 atom stereocenters. The zero-order chi connectivity index (χ0) is 16.3. The molecule has 2 amide bonds. The third kappa shape index (κ3) is 4.05. The standard InChI is InChI=1S/C15H16ClN3O2S/c1-10-8-19(9-13(20)18(2)3)15(22-10)17-14(21)11-5-4-6-12(16)7-11/h4-8H,9H2,1-3H3. The van der Waals surface area contributed by atoms with Crippen molar-refractivity contribution >= 4 is 34.8 Å². The van der Waals surface area contributed by atoms with E-state index in [4.69, 9.17) is 11.6 Å². The summed E-state index contributed by atoms with van der Waals surface area (Å²) < 4.78 is 1.69. The first-order valence-corrected chi connectivity index (χ1v) is 7.78. The summed E-state index contributed by atoms with van der Waals surface area (Å²) in [6.45, 7) is 2.06. The predicted molar refractivity (Wildman–Crippen MR) is 87.1 cm³/mol. The number of aromatic nitrogens is 1. The largest absolute Gasteiger partial charge is 0.347 e. The number of rotatable bonds is 3. The molecule has 5 nitrogen and oxygen atoms in total. The highest BCUT2D eigenvalue weighted by molar-refractivity contribution is 7.09. The molecule has 0 unspecified atom stereocenters. The molecule has 1 heterocycles. The zero-order valence-electron chi connectivity index (χ0n) is 12.5. The molecule has 2 rings (SSSR count). The Kier molecular flexibility index (Phi) is 5.15. The van der Waals surface area contributed by atoms with Gasteiger partial charge in [-0.2, -0.15) is 4.99 Å². The Morgan fingerprint density at radius 3 is 2.73 bits per heavy atom. The zero-order valence-corrected chi connectivity index (χ0v) is 14.1. The van der Waals surface area contributed by atoms with Crippen molar-refractivity contribution in [2.24, 2.45) is 4.99 Å². The van der Waals surface area contributed by atoms with Gasteiger partial charge in [0.25, 0.3) is 5.91 Å². The minimum Gasteiger partial charge on any atom is -0.347 e. The molecule has 1 aromatic heterocycles. The molecule has 0 aliphatic carbocycles. The summed E-state index contributed by atoms with van der Waals surface area (Å²) in [5.74, 6) is -0.440. The second-order valence-electron chi connectivity index (χ2n) is 4.97. The Morgan fingerprint density at radius 2 is 2.09 bits per heavy atom. The lowest BCUT2D eigenvalue weighted by Crippen LogP contribution is -2.30. The molecule has 0 N–H and O–H groups in total. The molecular formula is C15H16ClN3O2S. The van der Waals surface area contributed by atoms with E-state index in [1.54, 1.807) is 42.9 Å². The predicted octanol–water partition coefficient (Wildman–Crippen LogP) is 2.34. The minimum absolute atomic E-state index is 0.0607. The SMILES string of the molecule is Cc1cn(CC(=O)N(C)C)c(=NC(=O)c2cccc(Cl)c2)s1. The van der Waals surface area contributed by atoms with E-state index in [0.717, 1.165) is 4.88 Å². The summed E-state index contributed by atoms with van der Waals surface area (Å²) in [5.41, 5.74) is 0.420. The van der Waals surface area contributed by atoms with Gasteiger partial charge in [-0.05, 0) is 25.1 Å². The molecule has 116 valence electrons. The van der Waals surface area contributed by atoms with Crippen LogP contribution >= 0.6 is 22.9 Å². The first kappa shape index (κ1) is 16.5. The van der Waals surface area contributed by atoms with Crippen LogP contribution in [0.2, 0.25) is 5.02 Å². The van der Waals surface area contributed by atoms with Crippen molar-refractivity contribution in [2.45, 2.75) is 13.5 Å². The Balaban J connectivity index is 2.35. The Morgan fingerprint density at radius 1 is 1.36 bits per heavy atom. The summed E-state index contributed by atoms with van der Waals surface area (Å²) in [6.07, 6.45) is 1.82. The fourth-order valence-corrected chi connectivity index (χ4v) is 2.79. The number of halogens is 1. The smallest absolute Gasteiger partial charge is 0.279 e. The van der Waals surface area contributed by atoms with Gasteiger partial charge in [-0.15, -0.1) is 11.3 Å². The van der Waals surface area contributed by atoms with Crippen LogP contribution in [0.15, 0.2) is 35.5 Å². The average Bonchev–Trinajstić information content (AvgIpc) is 2.78. The van der Waals surface area contributed by atoms with E-state index in [1.165, 1.54) is 16.2 Å². The number of hydrogen-bond acceptors (Lipinski definition) is 3. The molecule has 0 saturated heterocycles. The van der Waals surface area contributed by atoms with Crippen molar-refractivity contribution in [1.29, 1.82) is 0 Å². The molecule has 2 aromatic rings. The summed E-state index contributed by atoms with van der Waals surface area (Å²) in [7, 11) is 3.38. The summed E-state index contributed by atoms with van der Waals surface area (Å²) in [5, 5.41) is 0.485. The quantitative estimate of drug-likeness (QED) is 0.863. The number of thiazole rings is 1. The van der Waals surface area contributed by atoms with Gasteiger partial charge < -0.3 is 9.47 Å². The second kappa shape index (κ2) is 6.89. The van der Waals surface area contributed by atoms with E-state index in [9.17, 15) is 9.59 Å². The summed E-state index contributed by atoms with van der Waals surface area (Å²) >= 11 is 7.25. The molecule has 22 heavy (non-hydrogen) atoms. The number of carbonyl (C=O) groups excluding carboxylic acids is 2. The summed E-state index contributed by atoms with van der Waals surface area (Å²) in [6, 6.07) is 6.63. The van der Waals surface area contributed by atoms with E-state index in [2.05, 4.69) is 4.99 Å². The van der Waals surface area contributed by atoms with Gasteiger partial charge in [0, 0.05) is 35.8 Å². The molecule has 1 aromatic carbocycles. The molecule has 7 heteroatoms. The average molecular weight is 338 g/mol. The minimum atomic E-state index is -0.379. The normalized spacial score (nSPS) is 11.5. The fourth-order valence-electron chi connectivity index (χ4n) is 1.76. The number of carbonyl (C=O) groups is 2. The molecule has 0 bridgehead atoms. The lowest BCUT2D eigenvalue weighted by Gasteiger charge is -2.10. The maximum Gasteiger partial charge on any atom is 0.279 e. The van der Waals surface area contributed by atoms with Gasteiger partial charge in [-0.25, -0.2) is 0 Å². The van der Waals surface area contributed by atoms with E-state index in [-0.39, 0.29) is 18.4 Å². The first-order chi connectivity index (χ1) is 10.4. The summed E-state index contributed by atoms with van der Waals surface area (Å²) in [4.78, 5) is 31.2. The molecular weight excluding hydrogens is 322 g/mol. The van der Waals surface area contributed by atoms with Crippen LogP contribution in [0.4, 0.5) is 0 Å². The van der Waals surface area contributed by atoms with E-state index in [1.807, 2.05) is 13.1 Å². The lowest BCUT2D eigenvalue weighted by atomic mass is 10.2. The van der Waals surface area contributed by atoms with Gasteiger partial charge in [0.05, 0.1) is 0 Å². The molecule has 0 aliphatic heterocycles. The van der Waals surface area contributed by atoms with E-state index >= 15 is 0 Å². The van der Waals surface area contributed by atoms with E-state index < -0.39 is 0 Å². The topological polar surface area (TPSA) is 54.7 Å². The van der Waals surface area contributed by atoms with Crippen molar-refractivity contribution in [3.8, 4) is 0 Å². The van der Waals surface area contributed by atoms with Gasteiger partial charge in [0.1, 0.15) is 6.54 Å². The fraction of sp³-hybridized carbons (Fsp3) is 0.267. The highest BCUT2D eigenvalue weighted by Crippen LogP contribution is 2.11. The van der Waals surface area contributed by atoms with Crippen LogP contribution in [0, 0.1) is 6.92 Å². The van der Waals surface area contributed by atoms with E-state index in [0.29, 0.717) is 15.4 Å². The van der Waals surface area contributed by atoms with Crippen LogP contribution in [0.25, 0.3) is 0 Å². The number of aryl methyl sites for hydroxylation is 1. The van der Waals surface area contributed by atoms with Gasteiger partial charge >= 0.3 is 0 Å². The van der Waals surface area contributed by atoms with Gasteiger partial charge in [0.15, 0.2) is 4.80 Å². The Bertz CT molecular complexity index is 777. The number of hydrogen-bond donors (Lipinski definition) is 0. The van der Waals surface area contributed by atoms with Gasteiger partial charge in [0.2, 0.25) is 5.91 Å². The van der Waals surface area contributed by atoms with Gasteiger partial charge in [-0.3, -0.25) is 9.59 Å². The molecule has 0 saturated carbocycles. The van der Waals surface area contributed by atoms with Crippen LogP contribution in [-0.4, -0.2) is 35.4 Å². The van der Waals surface area contributed by atoms with Crippen molar-refractivity contribution in [2.75, 3.05) is 14.1 Å². The van der Waals surface area contributed by atoms with Crippen LogP contribution in [0.1, 0.15) is 15.2 Å². The van der Waals surface area contributed by atoms with Crippen LogP contribution in [0.5, 0.6) is 0 Å².